The van der Waals surface area contributed by atoms with Crippen LogP contribution in [-0.4, -0.2) is 40.7 Å². The van der Waals surface area contributed by atoms with Gasteiger partial charge in [0.15, 0.2) is 5.76 Å². The Hall–Kier alpha value is -1.31. The van der Waals surface area contributed by atoms with Crippen molar-refractivity contribution in [1.29, 1.82) is 0 Å². The fourth-order valence-electron chi connectivity index (χ4n) is 1.67. The summed E-state index contributed by atoms with van der Waals surface area (Å²) in [5.41, 5.74) is 1.27. The third kappa shape index (κ3) is 4.87. The number of furan rings is 1. The summed E-state index contributed by atoms with van der Waals surface area (Å²) in [6.07, 6.45) is 2.25. The number of aromatic nitrogens is 1. The lowest BCUT2D eigenvalue weighted by atomic mass is 10.2. The zero-order chi connectivity index (χ0) is 15.1. The van der Waals surface area contributed by atoms with Crippen molar-refractivity contribution in [3.8, 4) is 11.5 Å². The largest absolute Gasteiger partial charge is 0.462 e. The van der Waals surface area contributed by atoms with Crippen molar-refractivity contribution >= 4 is 29.0 Å². The van der Waals surface area contributed by atoms with Crippen LogP contribution in [-0.2, 0) is 0 Å². The van der Waals surface area contributed by atoms with Gasteiger partial charge in [0.2, 0.25) is 0 Å². The summed E-state index contributed by atoms with van der Waals surface area (Å²) in [7, 11) is 0. The lowest BCUT2D eigenvalue weighted by Crippen LogP contribution is -2.25. The minimum absolute atomic E-state index is 0.139. The topological polar surface area (TPSA) is 75.4 Å². The Kier molecular flexibility index (Phi) is 6.28. The highest BCUT2D eigenvalue weighted by molar-refractivity contribution is 7.99. The number of aliphatic hydroxyl groups excluding tert-OH is 1. The number of thiazole rings is 1. The molecule has 0 bridgehead atoms. The van der Waals surface area contributed by atoms with E-state index in [1.807, 2.05) is 12.3 Å². The molecule has 114 valence electrons. The van der Waals surface area contributed by atoms with E-state index < -0.39 is 0 Å². The molecule has 0 aromatic carbocycles. The van der Waals surface area contributed by atoms with Gasteiger partial charge in [-0.25, -0.2) is 4.98 Å². The molecule has 0 spiro atoms. The first kappa shape index (κ1) is 16.1. The summed E-state index contributed by atoms with van der Waals surface area (Å²) in [6.45, 7) is 2.75. The molecule has 2 N–H and O–H groups in total. The standard InChI is InChI=1S/C14H18N2O3S2/c1-10-16-12(9-21-10)13-7-11(8-19-13)14(18)15-3-6-20-5-2-4-17/h7-9,17H,2-6H2,1H3,(H,15,18). The highest BCUT2D eigenvalue weighted by Crippen LogP contribution is 2.23. The molecule has 0 aliphatic rings. The van der Waals surface area contributed by atoms with E-state index in [-0.39, 0.29) is 12.5 Å². The van der Waals surface area contributed by atoms with Gasteiger partial charge in [-0.1, -0.05) is 0 Å². The van der Waals surface area contributed by atoms with Gasteiger partial charge in [-0.2, -0.15) is 11.8 Å². The lowest BCUT2D eigenvalue weighted by Gasteiger charge is -2.02. The maximum atomic E-state index is 11.9. The Morgan fingerprint density at radius 3 is 3.10 bits per heavy atom. The first-order valence-electron chi connectivity index (χ1n) is 6.68. The van der Waals surface area contributed by atoms with E-state index in [1.54, 1.807) is 29.2 Å². The van der Waals surface area contributed by atoms with Crippen LogP contribution in [0.3, 0.4) is 0 Å². The summed E-state index contributed by atoms with van der Waals surface area (Å²) in [4.78, 5) is 16.3. The third-order valence-corrected chi connectivity index (χ3v) is 4.56. The maximum Gasteiger partial charge on any atom is 0.254 e. The molecule has 0 aliphatic carbocycles. The zero-order valence-corrected chi connectivity index (χ0v) is 13.4. The van der Waals surface area contributed by atoms with Gasteiger partial charge in [-0.3, -0.25) is 4.79 Å². The SMILES string of the molecule is Cc1nc(-c2cc(C(=O)NCCSCCCO)co2)cs1. The fraction of sp³-hybridized carbons (Fsp3) is 0.429. The van der Waals surface area contributed by atoms with Crippen LogP contribution in [0.2, 0.25) is 0 Å². The fourth-order valence-corrected chi connectivity index (χ4v) is 3.06. The van der Waals surface area contributed by atoms with Crippen molar-refractivity contribution in [2.75, 3.05) is 24.7 Å². The number of carbonyl (C=O) groups is 1. The van der Waals surface area contributed by atoms with E-state index in [4.69, 9.17) is 9.52 Å². The number of hydrogen-bond donors (Lipinski definition) is 2. The second-order valence-electron chi connectivity index (χ2n) is 4.40. The minimum Gasteiger partial charge on any atom is -0.462 e. The molecule has 7 heteroatoms. The molecule has 0 saturated carbocycles. The van der Waals surface area contributed by atoms with Crippen LogP contribution in [0.25, 0.3) is 11.5 Å². The molecular formula is C14H18N2O3S2. The van der Waals surface area contributed by atoms with Gasteiger partial charge in [-0.05, 0) is 25.2 Å². The molecule has 0 radical (unpaired) electrons. The summed E-state index contributed by atoms with van der Waals surface area (Å²) < 4.78 is 5.39. The van der Waals surface area contributed by atoms with Crippen LogP contribution in [0.4, 0.5) is 0 Å². The van der Waals surface area contributed by atoms with Crippen molar-refractivity contribution in [2.45, 2.75) is 13.3 Å². The summed E-state index contributed by atoms with van der Waals surface area (Å²) in [5, 5.41) is 14.4. The molecular weight excluding hydrogens is 308 g/mol. The molecule has 5 nitrogen and oxygen atoms in total. The molecule has 2 rings (SSSR count). The second-order valence-corrected chi connectivity index (χ2v) is 6.68. The third-order valence-electron chi connectivity index (χ3n) is 2.71. The van der Waals surface area contributed by atoms with Gasteiger partial charge < -0.3 is 14.8 Å². The van der Waals surface area contributed by atoms with E-state index in [2.05, 4.69) is 10.3 Å². The molecule has 21 heavy (non-hydrogen) atoms. The van der Waals surface area contributed by atoms with E-state index in [1.165, 1.54) is 6.26 Å². The number of amides is 1. The number of nitrogens with zero attached hydrogens (tertiary/aromatic N) is 1. The molecule has 2 aromatic heterocycles. The van der Waals surface area contributed by atoms with Crippen LogP contribution < -0.4 is 5.32 Å². The van der Waals surface area contributed by atoms with Crippen molar-refractivity contribution in [3.63, 3.8) is 0 Å². The lowest BCUT2D eigenvalue weighted by molar-refractivity contribution is 0.0955. The quantitative estimate of drug-likeness (QED) is 0.729. The number of aryl methyl sites for hydroxylation is 1. The molecule has 0 atom stereocenters. The molecule has 0 fully saturated rings. The number of nitrogens with one attached hydrogen (secondary N) is 1. The van der Waals surface area contributed by atoms with E-state index >= 15 is 0 Å². The van der Waals surface area contributed by atoms with Gasteiger partial charge in [0.25, 0.3) is 5.91 Å². The van der Waals surface area contributed by atoms with E-state index in [9.17, 15) is 4.79 Å². The van der Waals surface area contributed by atoms with Crippen molar-refractivity contribution in [1.82, 2.24) is 10.3 Å². The molecule has 2 aromatic rings. The van der Waals surface area contributed by atoms with Crippen LogP contribution >= 0.6 is 23.1 Å². The summed E-state index contributed by atoms with van der Waals surface area (Å²) in [5.74, 6) is 2.22. The summed E-state index contributed by atoms with van der Waals surface area (Å²) in [6, 6.07) is 1.71. The van der Waals surface area contributed by atoms with Gasteiger partial charge in [0.1, 0.15) is 12.0 Å². The van der Waals surface area contributed by atoms with Crippen LogP contribution in [0, 0.1) is 6.92 Å². The summed E-state index contributed by atoms with van der Waals surface area (Å²) >= 11 is 3.26. The molecule has 2 heterocycles. The predicted octanol–water partition coefficient (Wildman–Crippen LogP) is 2.56. The van der Waals surface area contributed by atoms with E-state index in [0.29, 0.717) is 17.9 Å². The number of carbonyl (C=O) groups excluding carboxylic acids is 1. The monoisotopic (exact) mass is 326 g/mol. The smallest absolute Gasteiger partial charge is 0.254 e. The Morgan fingerprint density at radius 1 is 1.52 bits per heavy atom. The first-order chi connectivity index (χ1) is 10.2. The normalized spacial score (nSPS) is 10.8. The second kappa shape index (κ2) is 8.21. The molecule has 0 unspecified atom stereocenters. The Balaban J connectivity index is 1.79. The van der Waals surface area contributed by atoms with Crippen LogP contribution in [0.5, 0.6) is 0 Å². The Bertz CT molecular complexity index is 580. The zero-order valence-electron chi connectivity index (χ0n) is 11.8. The molecule has 0 saturated heterocycles. The number of hydrogen-bond acceptors (Lipinski definition) is 6. The van der Waals surface area contributed by atoms with Gasteiger partial charge in [0.05, 0.1) is 10.6 Å². The highest BCUT2D eigenvalue weighted by atomic mass is 32.2. The van der Waals surface area contributed by atoms with Crippen molar-refractivity contribution in [3.05, 3.63) is 28.3 Å². The van der Waals surface area contributed by atoms with Gasteiger partial charge in [0, 0.05) is 24.3 Å². The number of aliphatic hydroxyl groups is 1. The maximum absolute atomic E-state index is 11.9. The van der Waals surface area contributed by atoms with Gasteiger partial charge >= 0.3 is 0 Å². The van der Waals surface area contributed by atoms with E-state index in [0.717, 1.165) is 28.6 Å². The average molecular weight is 326 g/mol. The number of thioether (sulfide) groups is 1. The van der Waals surface area contributed by atoms with Crippen LogP contribution in [0.15, 0.2) is 22.1 Å². The minimum atomic E-state index is -0.139. The average Bonchev–Trinajstić information content (AvgIpc) is 3.11. The van der Waals surface area contributed by atoms with Crippen molar-refractivity contribution in [2.24, 2.45) is 0 Å². The molecule has 1 amide bonds. The Morgan fingerprint density at radius 2 is 2.38 bits per heavy atom. The first-order valence-corrected chi connectivity index (χ1v) is 8.72. The van der Waals surface area contributed by atoms with Crippen LogP contribution in [0.1, 0.15) is 21.8 Å². The Labute approximate surface area is 131 Å². The van der Waals surface area contributed by atoms with Crippen molar-refractivity contribution < 1.29 is 14.3 Å². The molecule has 0 aliphatic heterocycles. The predicted molar refractivity (Wildman–Crippen MR) is 85.9 cm³/mol. The number of rotatable bonds is 8. The highest BCUT2D eigenvalue weighted by Gasteiger charge is 2.12. The van der Waals surface area contributed by atoms with Gasteiger partial charge in [-0.15, -0.1) is 11.3 Å².